The molecule has 1 unspecified atom stereocenters. The standard InChI is InChI=1S/C15H26OSi/c1-15(11-8-14(16)9-12-15)10-6-5-7-13-17(2,3)4/h5,7-8,11H,6,9-10,12-13H2,1-4H3/b7-5-. The zero-order valence-electron chi connectivity index (χ0n) is 11.8. The molecule has 0 saturated carbocycles. The summed E-state index contributed by atoms with van der Waals surface area (Å²) in [6.45, 7) is 9.46. The van der Waals surface area contributed by atoms with Crippen LogP contribution in [-0.2, 0) is 4.79 Å². The Bertz CT molecular complexity index is 322. The topological polar surface area (TPSA) is 17.1 Å². The summed E-state index contributed by atoms with van der Waals surface area (Å²) in [5.74, 6) is 0.289. The fourth-order valence-electron chi connectivity index (χ4n) is 2.05. The SMILES string of the molecule is CC1(CC/C=C\C[Si](C)(C)C)C=CC(=O)CC1. The van der Waals surface area contributed by atoms with Gasteiger partial charge in [0.05, 0.1) is 0 Å². The van der Waals surface area contributed by atoms with Crippen molar-refractivity contribution in [2.45, 2.75) is 58.3 Å². The number of carbonyl (C=O) groups excluding carboxylic acids is 1. The first-order valence-electron chi connectivity index (χ1n) is 6.68. The van der Waals surface area contributed by atoms with Gasteiger partial charge in [-0.3, -0.25) is 4.79 Å². The first-order valence-corrected chi connectivity index (χ1v) is 10.4. The van der Waals surface area contributed by atoms with Crippen molar-refractivity contribution in [2.75, 3.05) is 0 Å². The van der Waals surface area contributed by atoms with Gasteiger partial charge in [0.25, 0.3) is 0 Å². The van der Waals surface area contributed by atoms with Crippen LogP contribution in [0.25, 0.3) is 0 Å². The number of allylic oxidation sites excluding steroid dienone is 4. The van der Waals surface area contributed by atoms with Gasteiger partial charge in [0.1, 0.15) is 0 Å². The van der Waals surface area contributed by atoms with Crippen molar-refractivity contribution in [3.05, 3.63) is 24.3 Å². The van der Waals surface area contributed by atoms with E-state index in [0.29, 0.717) is 0 Å². The van der Waals surface area contributed by atoms with Gasteiger partial charge < -0.3 is 0 Å². The number of rotatable bonds is 5. The van der Waals surface area contributed by atoms with Crippen LogP contribution >= 0.6 is 0 Å². The molecular formula is C15H26OSi. The lowest BCUT2D eigenvalue weighted by Crippen LogP contribution is -2.19. The van der Waals surface area contributed by atoms with E-state index in [4.69, 9.17) is 0 Å². The third-order valence-corrected chi connectivity index (χ3v) is 4.85. The molecule has 0 spiro atoms. The first-order chi connectivity index (χ1) is 7.81. The van der Waals surface area contributed by atoms with Crippen LogP contribution in [0.15, 0.2) is 24.3 Å². The monoisotopic (exact) mass is 250 g/mol. The highest BCUT2D eigenvalue weighted by Crippen LogP contribution is 2.34. The quantitative estimate of drug-likeness (QED) is 0.515. The second-order valence-corrected chi connectivity index (χ2v) is 12.3. The predicted molar refractivity (Wildman–Crippen MR) is 78.0 cm³/mol. The van der Waals surface area contributed by atoms with Crippen molar-refractivity contribution >= 4 is 13.9 Å². The Hall–Kier alpha value is -0.633. The molecule has 0 aliphatic heterocycles. The molecule has 0 aromatic heterocycles. The average molecular weight is 250 g/mol. The molecule has 0 bridgehead atoms. The van der Waals surface area contributed by atoms with Crippen molar-refractivity contribution < 1.29 is 4.79 Å². The Kier molecular flexibility index (Phi) is 4.93. The molecule has 0 amide bonds. The average Bonchev–Trinajstić information content (AvgIpc) is 2.21. The van der Waals surface area contributed by atoms with Crippen LogP contribution in [0.2, 0.25) is 25.7 Å². The van der Waals surface area contributed by atoms with Gasteiger partial charge in [-0.2, -0.15) is 0 Å². The van der Waals surface area contributed by atoms with Crippen LogP contribution in [0.3, 0.4) is 0 Å². The number of ketones is 1. The lowest BCUT2D eigenvalue weighted by atomic mass is 9.77. The molecule has 0 fully saturated rings. The molecule has 0 N–H and O–H groups in total. The molecular weight excluding hydrogens is 224 g/mol. The summed E-state index contributed by atoms with van der Waals surface area (Å²) < 4.78 is 0. The zero-order chi connectivity index (χ0) is 12.9. The van der Waals surface area contributed by atoms with Crippen molar-refractivity contribution in [2.24, 2.45) is 5.41 Å². The Morgan fingerprint density at radius 3 is 2.59 bits per heavy atom. The second kappa shape index (κ2) is 5.81. The maximum Gasteiger partial charge on any atom is 0.155 e. The summed E-state index contributed by atoms with van der Waals surface area (Å²) in [7, 11) is -0.920. The third kappa shape index (κ3) is 6.01. The molecule has 17 heavy (non-hydrogen) atoms. The van der Waals surface area contributed by atoms with E-state index in [1.54, 1.807) is 6.08 Å². The lowest BCUT2D eigenvalue weighted by Gasteiger charge is -2.27. The molecule has 1 aliphatic carbocycles. The summed E-state index contributed by atoms with van der Waals surface area (Å²) in [5, 5.41) is 0. The summed E-state index contributed by atoms with van der Waals surface area (Å²) >= 11 is 0. The zero-order valence-corrected chi connectivity index (χ0v) is 12.8. The molecule has 96 valence electrons. The number of hydrogen-bond donors (Lipinski definition) is 0. The molecule has 0 saturated heterocycles. The number of hydrogen-bond acceptors (Lipinski definition) is 1. The van der Waals surface area contributed by atoms with Crippen LogP contribution < -0.4 is 0 Å². The van der Waals surface area contributed by atoms with Crippen molar-refractivity contribution in [3.8, 4) is 0 Å². The maximum atomic E-state index is 11.1. The van der Waals surface area contributed by atoms with Crippen LogP contribution in [0.4, 0.5) is 0 Å². The van der Waals surface area contributed by atoms with E-state index in [1.807, 2.05) is 0 Å². The van der Waals surface area contributed by atoms with Gasteiger partial charge in [-0.1, -0.05) is 44.8 Å². The summed E-state index contributed by atoms with van der Waals surface area (Å²) in [4.78, 5) is 11.1. The fourth-order valence-corrected chi connectivity index (χ4v) is 2.92. The Balaban J connectivity index is 2.31. The Morgan fingerprint density at radius 1 is 1.35 bits per heavy atom. The largest absolute Gasteiger partial charge is 0.295 e. The number of carbonyl (C=O) groups is 1. The highest BCUT2D eigenvalue weighted by Gasteiger charge is 2.24. The second-order valence-electron chi connectivity index (χ2n) is 6.73. The van der Waals surface area contributed by atoms with Gasteiger partial charge in [-0.05, 0) is 36.8 Å². The third-order valence-electron chi connectivity index (χ3n) is 3.39. The molecule has 1 atom stereocenters. The molecule has 1 rings (SSSR count). The van der Waals surface area contributed by atoms with Gasteiger partial charge in [0.15, 0.2) is 5.78 Å². The molecule has 1 aliphatic rings. The first kappa shape index (κ1) is 14.4. The van der Waals surface area contributed by atoms with Crippen LogP contribution in [0.5, 0.6) is 0 Å². The van der Waals surface area contributed by atoms with Gasteiger partial charge in [-0.15, -0.1) is 0 Å². The fraction of sp³-hybridized carbons (Fsp3) is 0.667. The Labute approximate surface area is 107 Å². The van der Waals surface area contributed by atoms with E-state index in [-0.39, 0.29) is 11.2 Å². The van der Waals surface area contributed by atoms with E-state index in [1.165, 1.54) is 12.5 Å². The molecule has 0 aromatic rings. The Morgan fingerprint density at radius 2 is 2.06 bits per heavy atom. The van der Waals surface area contributed by atoms with Crippen LogP contribution in [0, 0.1) is 5.41 Å². The molecule has 0 aromatic carbocycles. The van der Waals surface area contributed by atoms with Crippen LogP contribution in [0.1, 0.15) is 32.6 Å². The minimum absolute atomic E-state index is 0.247. The highest BCUT2D eigenvalue weighted by molar-refractivity contribution is 6.76. The van der Waals surface area contributed by atoms with E-state index >= 15 is 0 Å². The molecule has 2 heteroatoms. The summed E-state index contributed by atoms with van der Waals surface area (Å²) in [5.41, 5.74) is 0.247. The van der Waals surface area contributed by atoms with Gasteiger partial charge >= 0.3 is 0 Å². The van der Waals surface area contributed by atoms with Gasteiger partial charge in [-0.25, -0.2) is 0 Å². The van der Waals surface area contributed by atoms with E-state index < -0.39 is 8.07 Å². The highest BCUT2D eigenvalue weighted by atomic mass is 28.3. The molecule has 0 heterocycles. The minimum atomic E-state index is -0.920. The van der Waals surface area contributed by atoms with E-state index in [9.17, 15) is 4.79 Å². The molecule has 0 radical (unpaired) electrons. The van der Waals surface area contributed by atoms with Gasteiger partial charge in [0.2, 0.25) is 0 Å². The van der Waals surface area contributed by atoms with E-state index in [0.717, 1.165) is 19.3 Å². The normalized spacial score (nSPS) is 25.8. The minimum Gasteiger partial charge on any atom is -0.295 e. The maximum absolute atomic E-state index is 11.1. The van der Waals surface area contributed by atoms with Crippen LogP contribution in [-0.4, -0.2) is 13.9 Å². The van der Waals surface area contributed by atoms with Gasteiger partial charge in [0, 0.05) is 14.5 Å². The smallest absolute Gasteiger partial charge is 0.155 e. The van der Waals surface area contributed by atoms with E-state index in [2.05, 4.69) is 44.8 Å². The van der Waals surface area contributed by atoms with Crippen molar-refractivity contribution in [1.29, 1.82) is 0 Å². The summed E-state index contributed by atoms with van der Waals surface area (Å²) in [6.07, 6.45) is 12.6. The van der Waals surface area contributed by atoms with Crippen molar-refractivity contribution in [1.82, 2.24) is 0 Å². The predicted octanol–water partition coefficient (Wildman–Crippen LogP) is 4.59. The summed E-state index contributed by atoms with van der Waals surface area (Å²) in [6, 6.07) is 1.28. The molecule has 1 nitrogen and oxygen atoms in total. The van der Waals surface area contributed by atoms with Crippen molar-refractivity contribution in [3.63, 3.8) is 0 Å². The lowest BCUT2D eigenvalue weighted by molar-refractivity contribution is -0.115.